The highest BCUT2D eigenvalue weighted by atomic mass is 127. The number of amides is 2. The van der Waals surface area contributed by atoms with Crippen LogP contribution >= 0.6 is 34.2 Å². The maximum absolute atomic E-state index is 13.1. The normalized spacial score (nSPS) is 12.7. The highest BCUT2D eigenvalue weighted by Gasteiger charge is 2.29. The van der Waals surface area contributed by atoms with Gasteiger partial charge < -0.3 is 15.0 Å². The number of ether oxygens (including phenoxy) is 1. The monoisotopic (exact) mass is 542 g/mol. The van der Waals surface area contributed by atoms with Gasteiger partial charge in [0.05, 0.1) is 0 Å². The quantitative estimate of drug-likeness (QED) is 0.428. The molecule has 2 rings (SSSR count). The molecule has 162 valence electrons. The van der Waals surface area contributed by atoms with E-state index in [0.717, 1.165) is 15.6 Å². The maximum atomic E-state index is 13.1. The highest BCUT2D eigenvalue weighted by Crippen LogP contribution is 2.20. The van der Waals surface area contributed by atoms with E-state index in [-0.39, 0.29) is 31.0 Å². The van der Waals surface area contributed by atoms with Gasteiger partial charge in [-0.15, -0.1) is 0 Å². The first kappa shape index (κ1) is 24.5. The van der Waals surface area contributed by atoms with E-state index in [9.17, 15) is 9.59 Å². The Hall–Kier alpha value is -1.80. The summed E-state index contributed by atoms with van der Waals surface area (Å²) in [7, 11) is 0. The predicted octanol–water partition coefficient (Wildman–Crippen LogP) is 5.05. The van der Waals surface area contributed by atoms with Crippen LogP contribution in [0.3, 0.4) is 0 Å². The largest absolute Gasteiger partial charge is 0.484 e. The molecule has 0 saturated heterocycles. The van der Waals surface area contributed by atoms with Crippen molar-refractivity contribution in [1.29, 1.82) is 0 Å². The van der Waals surface area contributed by atoms with Gasteiger partial charge in [-0.25, -0.2) is 0 Å². The zero-order chi connectivity index (χ0) is 22.1. The highest BCUT2D eigenvalue weighted by molar-refractivity contribution is 14.1. The van der Waals surface area contributed by atoms with Crippen molar-refractivity contribution < 1.29 is 14.3 Å². The number of carbonyl (C=O) groups excluding carboxylic acids is 2. The molecular weight excluding hydrogens is 515 g/mol. The Morgan fingerprint density at radius 3 is 2.37 bits per heavy atom. The van der Waals surface area contributed by atoms with E-state index in [1.54, 1.807) is 11.0 Å². The summed E-state index contributed by atoms with van der Waals surface area (Å²) >= 11 is 8.53. The Balaban J connectivity index is 2.21. The summed E-state index contributed by atoms with van der Waals surface area (Å²) in [6.07, 6.45) is 1.30. The van der Waals surface area contributed by atoms with Crippen molar-refractivity contribution in [2.24, 2.45) is 0 Å². The zero-order valence-corrected chi connectivity index (χ0v) is 20.4. The van der Waals surface area contributed by atoms with Gasteiger partial charge in [0.1, 0.15) is 11.8 Å². The van der Waals surface area contributed by atoms with E-state index in [4.69, 9.17) is 16.3 Å². The van der Waals surface area contributed by atoms with Crippen LogP contribution in [0.2, 0.25) is 5.02 Å². The predicted molar refractivity (Wildman–Crippen MR) is 129 cm³/mol. The number of hydrogen-bond donors (Lipinski definition) is 1. The Labute approximate surface area is 197 Å². The van der Waals surface area contributed by atoms with Crippen molar-refractivity contribution in [1.82, 2.24) is 10.2 Å². The van der Waals surface area contributed by atoms with Crippen molar-refractivity contribution in [3.63, 3.8) is 0 Å². The number of hydrogen-bond acceptors (Lipinski definition) is 3. The molecule has 0 spiro atoms. The molecular formula is C23H28ClIN2O3. The van der Waals surface area contributed by atoms with Gasteiger partial charge >= 0.3 is 0 Å². The summed E-state index contributed by atoms with van der Waals surface area (Å²) in [4.78, 5) is 27.6. The third-order valence-electron chi connectivity index (χ3n) is 4.86. The second-order valence-corrected chi connectivity index (χ2v) is 8.75. The Morgan fingerprint density at radius 2 is 1.77 bits per heavy atom. The smallest absolute Gasteiger partial charge is 0.261 e. The lowest BCUT2D eigenvalue weighted by Gasteiger charge is -2.31. The van der Waals surface area contributed by atoms with Crippen molar-refractivity contribution in [3.8, 4) is 5.75 Å². The van der Waals surface area contributed by atoms with Crippen molar-refractivity contribution >= 4 is 46.0 Å². The molecule has 0 aliphatic rings. The SMILES string of the molecule is CC[C@@H](C)NC(=O)[C@@H](CC)N(Cc1ccccc1Cl)C(=O)COc1ccc(I)cc1. The molecule has 0 aliphatic heterocycles. The number of nitrogens with one attached hydrogen (secondary N) is 1. The minimum Gasteiger partial charge on any atom is -0.484 e. The first-order valence-electron chi connectivity index (χ1n) is 10.1. The van der Waals surface area contributed by atoms with Crippen LogP contribution in [0.5, 0.6) is 5.75 Å². The zero-order valence-electron chi connectivity index (χ0n) is 17.5. The topological polar surface area (TPSA) is 58.6 Å². The van der Waals surface area contributed by atoms with Crippen molar-refractivity contribution in [3.05, 3.63) is 62.7 Å². The summed E-state index contributed by atoms with van der Waals surface area (Å²) in [5.41, 5.74) is 0.788. The lowest BCUT2D eigenvalue weighted by atomic mass is 10.1. The van der Waals surface area contributed by atoms with Crippen LogP contribution in [0.1, 0.15) is 39.2 Å². The molecule has 0 aliphatic carbocycles. The second kappa shape index (κ2) is 12.2. The molecule has 1 N–H and O–H groups in total. The number of halogens is 2. The fourth-order valence-electron chi connectivity index (χ4n) is 2.93. The maximum Gasteiger partial charge on any atom is 0.261 e. The van der Waals surface area contributed by atoms with Crippen LogP contribution < -0.4 is 10.1 Å². The molecule has 0 radical (unpaired) electrons. The summed E-state index contributed by atoms with van der Waals surface area (Å²) in [5, 5.41) is 3.55. The molecule has 5 nitrogen and oxygen atoms in total. The van der Waals surface area contributed by atoms with E-state index in [1.807, 2.05) is 63.2 Å². The number of benzene rings is 2. The van der Waals surface area contributed by atoms with E-state index >= 15 is 0 Å². The minimum atomic E-state index is -0.608. The first-order chi connectivity index (χ1) is 14.3. The van der Waals surface area contributed by atoms with Crippen molar-refractivity contribution in [2.45, 2.75) is 52.2 Å². The van der Waals surface area contributed by atoms with Gasteiger partial charge in [0, 0.05) is 21.2 Å². The number of rotatable bonds is 10. The van der Waals surface area contributed by atoms with E-state index < -0.39 is 6.04 Å². The van der Waals surface area contributed by atoms with Crippen LogP contribution in [0.4, 0.5) is 0 Å². The minimum absolute atomic E-state index is 0.0341. The fraction of sp³-hybridized carbons (Fsp3) is 0.391. The van der Waals surface area contributed by atoms with E-state index in [0.29, 0.717) is 17.2 Å². The molecule has 0 aromatic heterocycles. The molecule has 0 saturated carbocycles. The lowest BCUT2D eigenvalue weighted by Crippen LogP contribution is -2.51. The van der Waals surface area contributed by atoms with Gasteiger partial charge in [0.2, 0.25) is 5.91 Å². The summed E-state index contributed by atoms with van der Waals surface area (Å²) < 4.78 is 6.77. The van der Waals surface area contributed by atoms with E-state index in [2.05, 4.69) is 27.9 Å². The van der Waals surface area contributed by atoms with Gasteiger partial charge in [0.15, 0.2) is 6.61 Å². The molecule has 30 heavy (non-hydrogen) atoms. The van der Waals surface area contributed by atoms with Gasteiger partial charge in [-0.2, -0.15) is 0 Å². The van der Waals surface area contributed by atoms with Gasteiger partial charge in [-0.1, -0.05) is 43.6 Å². The standard InChI is InChI=1S/C23H28ClIN2O3/c1-4-16(3)26-23(29)21(5-2)27(14-17-8-6-7-9-20(17)24)22(28)15-30-19-12-10-18(25)11-13-19/h6-13,16,21H,4-5,14-15H2,1-3H3,(H,26,29)/t16-,21-/m1/s1. The summed E-state index contributed by atoms with van der Waals surface area (Å²) in [6, 6.07) is 14.2. The third-order valence-corrected chi connectivity index (χ3v) is 5.95. The average Bonchev–Trinajstić information content (AvgIpc) is 2.74. The van der Waals surface area contributed by atoms with E-state index in [1.165, 1.54) is 0 Å². The molecule has 2 aromatic carbocycles. The van der Waals surface area contributed by atoms with Crippen LogP contribution in [-0.2, 0) is 16.1 Å². The molecule has 0 unspecified atom stereocenters. The lowest BCUT2D eigenvalue weighted by molar-refractivity contribution is -0.143. The number of carbonyl (C=O) groups is 2. The molecule has 0 bridgehead atoms. The van der Waals surface area contributed by atoms with Gasteiger partial charge in [0.25, 0.3) is 5.91 Å². The second-order valence-electron chi connectivity index (χ2n) is 7.10. The van der Waals surface area contributed by atoms with Crippen LogP contribution in [0.25, 0.3) is 0 Å². The molecule has 7 heteroatoms. The molecule has 2 aromatic rings. The van der Waals surface area contributed by atoms with Crippen LogP contribution in [0, 0.1) is 3.57 Å². The van der Waals surface area contributed by atoms with Gasteiger partial charge in [-0.05, 0) is 78.3 Å². The first-order valence-corrected chi connectivity index (χ1v) is 11.5. The molecule has 0 fully saturated rings. The Bertz CT molecular complexity index is 845. The summed E-state index contributed by atoms with van der Waals surface area (Å²) in [5.74, 6) is 0.180. The Kier molecular flexibility index (Phi) is 9.91. The van der Waals surface area contributed by atoms with Crippen molar-refractivity contribution in [2.75, 3.05) is 6.61 Å². The van der Waals surface area contributed by atoms with Crippen LogP contribution in [-0.4, -0.2) is 35.4 Å². The average molecular weight is 543 g/mol. The van der Waals surface area contributed by atoms with Crippen LogP contribution in [0.15, 0.2) is 48.5 Å². The fourth-order valence-corrected chi connectivity index (χ4v) is 3.48. The summed E-state index contributed by atoms with van der Waals surface area (Å²) in [6.45, 7) is 5.94. The number of nitrogens with zero attached hydrogens (tertiary/aromatic N) is 1. The Morgan fingerprint density at radius 1 is 1.10 bits per heavy atom. The third kappa shape index (κ3) is 7.16. The molecule has 2 atom stereocenters. The van der Waals surface area contributed by atoms with Gasteiger partial charge in [-0.3, -0.25) is 9.59 Å². The molecule has 2 amide bonds. The molecule has 0 heterocycles.